The van der Waals surface area contributed by atoms with E-state index in [-0.39, 0.29) is 12.2 Å². The monoisotopic (exact) mass is 230 g/mol. The molecule has 86 valence electrons. The predicted molar refractivity (Wildman–Crippen MR) is 51.8 cm³/mol. The molecule has 1 aromatic carbocycles. The van der Waals surface area contributed by atoms with E-state index in [0.29, 0.717) is 5.75 Å². The van der Waals surface area contributed by atoms with Crippen LogP contribution in [0.15, 0.2) is 24.3 Å². The van der Waals surface area contributed by atoms with Gasteiger partial charge < -0.3 is 9.84 Å². The molecule has 0 amide bonds. The maximum Gasteiger partial charge on any atom is 0.418 e. The minimum absolute atomic E-state index is 0.0428. The van der Waals surface area contributed by atoms with Gasteiger partial charge in [-0.1, -0.05) is 18.1 Å². The van der Waals surface area contributed by atoms with Crippen LogP contribution in [-0.4, -0.2) is 17.9 Å². The Hall–Kier alpha value is -1.67. The molecule has 1 N–H and O–H groups in total. The molecule has 1 unspecified atom stereocenters. The first-order valence-electron chi connectivity index (χ1n) is 4.36. The Labute approximate surface area is 90.7 Å². The molecule has 0 fully saturated rings. The summed E-state index contributed by atoms with van der Waals surface area (Å²) >= 11 is 0. The third-order valence-corrected chi connectivity index (χ3v) is 1.83. The number of terminal acetylenes is 1. The van der Waals surface area contributed by atoms with Gasteiger partial charge in [0.25, 0.3) is 0 Å². The van der Waals surface area contributed by atoms with Gasteiger partial charge in [-0.05, 0) is 17.7 Å². The van der Waals surface area contributed by atoms with Crippen LogP contribution in [0.2, 0.25) is 0 Å². The molecule has 0 aliphatic rings. The van der Waals surface area contributed by atoms with Gasteiger partial charge in [0.15, 0.2) is 6.10 Å². The first-order chi connectivity index (χ1) is 7.45. The lowest BCUT2D eigenvalue weighted by Crippen LogP contribution is -2.19. The van der Waals surface area contributed by atoms with Crippen molar-refractivity contribution < 1.29 is 23.0 Å². The molecule has 0 aliphatic carbocycles. The lowest BCUT2D eigenvalue weighted by Gasteiger charge is -2.14. The van der Waals surface area contributed by atoms with Crippen LogP contribution in [0.3, 0.4) is 0 Å². The molecule has 0 heterocycles. The van der Waals surface area contributed by atoms with Crippen LogP contribution in [-0.2, 0) is 0 Å². The highest BCUT2D eigenvalue weighted by molar-refractivity contribution is 5.29. The number of rotatable bonds is 3. The van der Waals surface area contributed by atoms with Gasteiger partial charge in [-0.15, -0.1) is 6.42 Å². The van der Waals surface area contributed by atoms with Crippen LogP contribution in [0, 0.1) is 12.3 Å². The van der Waals surface area contributed by atoms with E-state index in [1.54, 1.807) is 0 Å². The highest BCUT2D eigenvalue weighted by Crippen LogP contribution is 2.32. The smallest absolute Gasteiger partial charge is 0.418 e. The fourth-order valence-corrected chi connectivity index (χ4v) is 1.06. The Balaban J connectivity index is 2.76. The number of hydrogen-bond donors (Lipinski definition) is 1. The first-order valence-corrected chi connectivity index (χ1v) is 4.36. The highest BCUT2D eigenvalue weighted by atomic mass is 19.4. The van der Waals surface area contributed by atoms with Gasteiger partial charge in [-0.25, -0.2) is 0 Å². The van der Waals surface area contributed by atoms with Crippen molar-refractivity contribution in [3.05, 3.63) is 29.8 Å². The van der Waals surface area contributed by atoms with Crippen molar-refractivity contribution >= 4 is 0 Å². The van der Waals surface area contributed by atoms with Gasteiger partial charge in [-0.3, -0.25) is 0 Å². The van der Waals surface area contributed by atoms with E-state index in [2.05, 4.69) is 5.92 Å². The van der Waals surface area contributed by atoms with E-state index in [1.165, 1.54) is 12.1 Å². The molecule has 0 radical (unpaired) electrons. The van der Waals surface area contributed by atoms with Gasteiger partial charge in [0, 0.05) is 0 Å². The van der Waals surface area contributed by atoms with Crippen LogP contribution < -0.4 is 4.74 Å². The Morgan fingerprint density at radius 3 is 2.31 bits per heavy atom. The second-order valence-electron chi connectivity index (χ2n) is 3.01. The zero-order valence-electron chi connectivity index (χ0n) is 8.16. The maximum atomic E-state index is 12.1. The Kier molecular flexibility index (Phi) is 3.80. The molecule has 0 aromatic heterocycles. The summed E-state index contributed by atoms with van der Waals surface area (Å²) in [5, 5.41) is 8.93. The van der Waals surface area contributed by atoms with Gasteiger partial charge in [0.1, 0.15) is 12.4 Å². The first kappa shape index (κ1) is 12.4. The van der Waals surface area contributed by atoms with E-state index < -0.39 is 12.3 Å². The summed E-state index contributed by atoms with van der Waals surface area (Å²) < 4.78 is 41.4. The quantitative estimate of drug-likeness (QED) is 0.807. The summed E-state index contributed by atoms with van der Waals surface area (Å²) in [4.78, 5) is 0. The van der Waals surface area contributed by atoms with Crippen molar-refractivity contribution in [3.8, 4) is 18.1 Å². The molecule has 0 bridgehead atoms. The predicted octanol–water partition coefficient (Wildman–Crippen LogP) is 2.29. The normalized spacial score (nSPS) is 12.9. The Morgan fingerprint density at radius 1 is 1.31 bits per heavy atom. The van der Waals surface area contributed by atoms with E-state index >= 15 is 0 Å². The standard InChI is InChI=1S/C11H9F3O2/c1-2-7-16-9-5-3-8(4-6-9)10(15)11(12,13)14/h1,3-6,10,15H,7H2. The average Bonchev–Trinajstić information content (AvgIpc) is 2.25. The number of alkyl halides is 3. The van der Waals surface area contributed by atoms with Gasteiger partial charge in [-0.2, -0.15) is 13.2 Å². The molecule has 0 spiro atoms. The molecular formula is C11H9F3O2. The number of aliphatic hydroxyl groups excluding tert-OH is 1. The lowest BCUT2D eigenvalue weighted by molar-refractivity contribution is -0.206. The Bertz CT molecular complexity index is 376. The molecule has 1 aromatic rings. The molecule has 5 heteroatoms. The number of hydrogen-bond acceptors (Lipinski definition) is 2. The second kappa shape index (κ2) is 4.90. The lowest BCUT2D eigenvalue weighted by atomic mass is 10.1. The maximum absolute atomic E-state index is 12.1. The third-order valence-electron chi connectivity index (χ3n) is 1.83. The number of halogens is 3. The van der Waals surface area contributed by atoms with Crippen LogP contribution in [0.4, 0.5) is 13.2 Å². The zero-order valence-corrected chi connectivity index (χ0v) is 8.16. The molecule has 1 atom stereocenters. The number of ether oxygens (including phenoxy) is 1. The second-order valence-corrected chi connectivity index (χ2v) is 3.01. The molecule has 0 saturated heterocycles. The summed E-state index contributed by atoms with van der Waals surface area (Å²) in [6, 6.07) is 4.93. The van der Waals surface area contributed by atoms with Gasteiger partial charge in [0.2, 0.25) is 0 Å². The van der Waals surface area contributed by atoms with Crippen molar-refractivity contribution in [2.75, 3.05) is 6.61 Å². The van der Waals surface area contributed by atoms with Crippen LogP contribution >= 0.6 is 0 Å². The molecule has 2 nitrogen and oxygen atoms in total. The summed E-state index contributed by atoms with van der Waals surface area (Å²) in [7, 11) is 0. The van der Waals surface area contributed by atoms with Crippen LogP contribution in [0.5, 0.6) is 5.75 Å². The minimum atomic E-state index is -4.67. The van der Waals surface area contributed by atoms with E-state index in [1.807, 2.05) is 0 Å². The molecular weight excluding hydrogens is 221 g/mol. The number of benzene rings is 1. The molecule has 0 aliphatic heterocycles. The highest BCUT2D eigenvalue weighted by Gasteiger charge is 2.39. The topological polar surface area (TPSA) is 29.5 Å². The SMILES string of the molecule is C#CCOc1ccc(C(O)C(F)(F)F)cc1. The van der Waals surface area contributed by atoms with Crippen molar-refractivity contribution in [1.82, 2.24) is 0 Å². The number of aliphatic hydroxyl groups is 1. The largest absolute Gasteiger partial charge is 0.481 e. The minimum Gasteiger partial charge on any atom is -0.481 e. The average molecular weight is 230 g/mol. The van der Waals surface area contributed by atoms with E-state index in [4.69, 9.17) is 16.3 Å². The molecule has 1 rings (SSSR count). The van der Waals surface area contributed by atoms with E-state index in [0.717, 1.165) is 12.1 Å². The van der Waals surface area contributed by atoms with Crippen molar-refractivity contribution in [1.29, 1.82) is 0 Å². The fourth-order valence-electron chi connectivity index (χ4n) is 1.06. The van der Waals surface area contributed by atoms with Crippen LogP contribution in [0.1, 0.15) is 11.7 Å². The van der Waals surface area contributed by atoms with Crippen molar-refractivity contribution in [2.24, 2.45) is 0 Å². The Morgan fingerprint density at radius 2 is 1.88 bits per heavy atom. The summed E-state index contributed by atoms with van der Waals surface area (Å²) in [5.74, 6) is 2.58. The molecule has 0 saturated carbocycles. The molecule has 16 heavy (non-hydrogen) atoms. The van der Waals surface area contributed by atoms with Crippen molar-refractivity contribution in [2.45, 2.75) is 12.3 Å². The van der Waals surface area contributed by atoms with E-state index in [9.17, 15) is 13.2 Å². The summed E-state index contributed by atoms with van der Waals surface area (Å²) in [6.45, 7) is 0.0428. The van der Waals surface area contributed by atoms with Crippen LogP contribution in [0.25, 0.3) is 0 Å². The summed E-state index contributed by atoms with van der Waals surface area (Å²) in [6.07, 6.45) is -2.20. The van der Waals surface area contributed by atoms with Gasteiger partial charge in [0.05, 0.1) is 0 Å². The third kappa shape index (κ3) is 3.17. The van der Waals surface area contributed by atoms with Gasteiger partial charge >= 0.3 is 6.18 Å². The fraction of sp³-hybridized carbons (Fsp3) is 0.273. The summed E-state index contributed by atoms with van der Waals surface area (Å²) in [5.41, 5.74) is -0.236. The zero-order chi connectivity index (χ0) is 12.2. The van der Waals surface area contributed by atoms with Crippen molar-refractivity contribution in [3.63, 3.8) is 0 Å².